The number of rotatable bonds is 6. The molecule has 0 aliphatic rings. The van der Waals surface area contributed by atoms with E-state index in [-0.39, 0.29) is 24.9 Å². The number of carbonyl (C=O) groups excluding carboxylic acids is 2. The topological polar surface area (TPSA) is 84.2 Å². The SMILES string of the molecule is CC(C)[C@H](N)C(=O)NCCNC(=O)c1c(F)cccc1F. The second-order valence-corrected chi connectivity index (χ2v) is 4.91. The summed E-state index contributed by atoms with van der Waals surface area (Å²) in [5, 5.41) is 4.86. The average molecular weight is 299 g/mol. The van der Waals surface area contributed by atoms with E-state index in [0.29, 0.717) is 0 Å². The van der Waals surface area contributed by atoms with E-state index in [4.69, 9.17) is 5.73 Å². The molecule has 0 radical (unpaired) electrons. The Morgan fingerprint density at radius 2 is 1.67 bits per heavy atom. The smallest absolute Gasteiger partial charge is 0.257 e. The number of benzene rings is 1. The number of hydrogen-bond donors (Lipinski definition) is 3. The van der Waals surface area contributed by atoms with Gasteiger partial charge in [-0.05, 0) is 18.1 Å². The first-order valence-corrected chi connectivity index (χ1v) is 6.60. The van der Waals surface area contributed by atoms with Crippen LogP contribution < -0.4 is 16.4 Å². The molecule has 116 valence electrons. The molecule has 1 aromatic rings. The molecule has 0 saturated carbocycles. The molecule has 7 heteroatoms. The molecule has 0 aliphatic heterocycles. The summed E-state index contributed by atoms with van der Waals surface area (Å²) in [5.74, 6) is -3.08. The third-order valence-electron chi connectivity index (χ3n) is 2.92. The van der Waals surface area contributed by atoms with Crippen LogP contribution in [0.4, 0.5) is 8.78 Å². The Bertz CT molecular complexity index is 501. The zero-order chi connectivity index (χ0) is 16.0. The fourth-order valence-electron chi connectivity index (χ4n) is 1.59. The van der Waals surface area contributed by atoms with Gasteiger partial charge in [-0.3, -0.25) is 9.59 Å². The quantitative estimate of drug-likeness (QED) is 0.679. The molecule has 21 heavy (non-hydrogen) atoms. The molecule has 0 fully saturated rings. The third-order valence-corrected chi connectivity index (χ3v) is 2.92. The van der Waals surface area contributed by atoms with E-state index in [0.717, 1.165) is 12.1 Å². The first kappa shape index (κ1) is 17.0. The Morgan fingerprint density at radius 1 is 1.14 bits per heavy atom. The van der Waals surface area contributed by atoms with Crippen LogP contribution >= 0.6 is 0 Å². The highest BCUT2D eigenvalue weighted by Crippen LogP contribution is 2.11. The number of nitrogens with two attached hydrogens (primary N) is 1. The molecule has 1 aromatic carbocycles. The van der Waals surface area contributed by atoms with Gasteiger partial charge in [-0.1, -0.05) is 19.9 Å². The Labute approximate surface area is 121 Å². The first-order chi connectivity index (χ1) is 9.84. The molecule has 0 bridgehead atoms. The molecule has 1 rings (SSSR count). The van der Waals surface area contributed by atoms with Crippen LogP contribution in [0.2, 0.25) is 0 Å². The lowest BCUT2D eigenvalue weighted by molar-refractivity contribution is -0.123. The zero-order valence-corrected chi connectivity index (χ0v) is 12.0. The molecule has 0 spiro atoms. The predicted molar refractivity (Wildman–Crippen MR) is 74.5 cm³/mol. The van der Waals surface area contributed by atoms with Crippen molar-refractivity contribution in [3.05, 3.63) is 35.4 Å². The number of carbonyl (C=O) groups is 2. The van der Waals surface area contributed by atoms with E-state index in [2.05, 4.69) is 10.6 Å². The predicted octanol–water partition coefficient (Wildman–Crippen LogP) is 0.794. The van der Waals surface area contributed by atoms with E-state index >= 15 is 0 Å². The number of amides is 2. The van der Waals surface area contributed by atoms with E-state index < -0.39 is 29.1 Å². The zero-order valence-electron chi connectivity index (χ0n) is 12.0. The minimum absolute atomic E-state index is 0.00731. The van der Waals surface area contributed by atoms with Crippen LogP contribution in [0, 0.1) is 17.6 Å². The molecule has 0 aromatic heterocycles. The van der Waals surface area contributed by atoms with Crippen molar-refractivity contribution in [3.63, 3.8) is 0 Å². The van der Waals surface area contributed by atoms with E-state index in [1.165, 1.54) is 6.07 Å². The highest BCUT2D eigenvalue weighted by Gasteiger charge is 2.18. The maximum Gasteiger partial charge on any atom is 0.257 e. The highest BCUT2D eigenvalue weighted by molar-refractivity contribution is 5.94. The van der Waals surface area contributed by atoms with Crippen molar-refractivity contribution in [2.45, 2.75) is 19.9 Å². The summed E-state index contributed by atoms with van der Waals surface area (Å²) in [7, 11) is 0. The summed E-state index contributed by atoms with van der Waals surface area (Å²) < 4.78 is 26.7. The van der Waals surface area contributed by atoms with Crippen molar-refractivity contribution in [2.75, 3.05) is 13.1 Å². The molecule has 0 saturated heterocycles. The van der Waals surface area contributed by atoms with E-state index in [1.807, 2.05) is 13.8 Å². The van der Waals surface area contributed by atoms with Crippen molar-refractivity contribution in [1.82, 2.24) is 10.6 Å². The summed E-state index contributed by atoms with van der Waals surface area (Å²) in [6.07, 6.45) is 0. The maximum absolute atomic E-state index is 13.3. The van der Waals surface area contributed by atoms with Crippen LogP contribution in [0.1, 0.15) is 24.2 Å². The minimum atomic E-state index is -0.932. The lowest BCUT2D eigenvalue weighted by Gasteiger charge is -2.15. The Hall–Kier alpha value is -2.02. The van der Waals surface area contributed by atoms with Crippen LogP contribution in [0.25, 0.3) is 0 Å². The molecule has 1 atom stereocenters. The van der Waals surface area contributed by atoms with E-state index in [1.54, 1.807) is 0 Å². The van der Waals surface area contributed by atoms with Gasteiger partial charge in [-0.2, -0.15) is 0 Å². The van der Waals surface area contributed by atoms with Crippen LogP contribution in [0.15, 0.2) is 18.2 Å². The van der Waals surface area contributed by atoms with Crippen LogP contribution in [0.5, 0.6) is 0 Å². The normalized spacial score (nSPS) is 12.1. The van der Waals surface area contributed by atoms with Gasteiger partial charge in [-0.25, -0.2) is 8.78 Å². The van der Waals surface area contributed by atoms with Crippen molar-refractivity contribution < 1.29 is 18.4 Å². The van der Waals surface area contributed by atoms with Gasteiger partial charge in [0, 0.05) is 13.1 Å². The van der Waals surface area contributed by atoms with E-state index in [9.17, 15) is 18.4 Å². The highest BCUT2D eigenvalue weighted by atomic mass is 19.1. The first-order valence-electron chi connectivity index (χ1n) is 6.60. The largest absolute Gasteiger partial charge is 0.353 e. The van der Waals surface area contributed by atoms with Crippen molar-refractivity contribution in [1.29, 1.82) is 0 Å². The molecule has 5 nitrogen and oxygen atoms in total. The number of nitrogens with one attached hydrogen (secondary N) is 2. The summed E-state index contributed by atoms with van der Waals surface area (Å²) in [5.41, 5.74) is 5.00. The second-order valence-electron chi connectivity index (χ2n) is 4.91. The number of halogens is 2. The van der Waals surface area contributed by atoms with Crippen LogP contribution in [-0.2, 0) is 4.79 Å². The van der Waals surface area contributed by atoms with Gasteiger partial charge >= 0.3 is 0 Å². The van der Waals surface area contributed by atoms with Gasteiger partial charge in [0.1, 0.15) is 17.2 Å². The Balaban J connectivity index is 2.43. The standard InChI is InChI=1S/C14H19F2N3O2/c1-8(2)12(17)14(21)19-7-6-18-13(20)11-9(15)4-3-5-10(11)16/h3-5,8,12H,6-7,17H2,1-2H3,(H,18,20)(H,19,21)/t12-/m0/s1. The van der Waals surface area contributed by atoms with Gasteiger partial charge in [-0.15, -0.1) is 0 Å². The molecule has 0 heterocycles. The minimum Gasteiger partial charge on any atom is -0.353 e. The lowest BCUT2D eigenvalue weighted by atomic mass is 10.1. The molecular formula is C14H19F2N3O2. The van der Waals surface area contributed by atoms with Crippen LogP contribution in [0.3, 0.4) is 0 Å². The van der Waals surface area contributed by atoms with Gasteiger partial charge in [0.15, 0.2) is 0 Å². The maximum atomic E-state index is 13.3. The molecular weight excluding hydrogens is 280 g/mol. The third kappa shape index (κ3) is 4.78. The van der Waals surface area contributed by atoms with Gasteiger partial charge in [0.25, 0.3) is 5.91 Å². The summed E-state index contributed by atoms with van der Waals surface area (Å²) in [4.78, 5) is 23.2. The molecule has 4 N–H and O–H groups in total. The fraction of sp³-hybridized carbons (Fsp3) is 0.429. The lowest BCUT2D eigenvalue weighted by Crippen LogP contribution is -2.46. The number of hydrogen-bond acceptors (Lipinski definition) is 3. The summed E-state index contributed by atoms with van der Waals surface area (Å²) in [6.45, 7) is 3.80. The monoisotopic (exact) mass is 299 g/mol. The second kappa shape index (κ2) is 7.68. The fourth-order valence-corrected chi connectivity index (χ4v) is 1.59. The van der Waals surface area contributed by atoms with Gasteiger partial charge in [0.2, 0.25) is 5.91 Å². The summed E-state index contributed by atoms with van der Waals surface area (Å²) >= 11 is 0. The Kier molecular flexibility index (Phi) is 6.23. The van der Waals surface area contributed by atoms with Crippen molar-refractivity contribution in [2.24, 2.45) is 11.7 Å². The van der Waals surface area contributed by atoms with Gasteiger partial charge in [0.05, 0.1) is 6.04 Å². The summed E-state index contributed by atoms with van der Waals surface area (Å²) in [6, 6.07) is 2.54. The van der Waals surface area contributed by atoms with Crippen molar-refractivity contribution >= 4 is 11.8 Å². The van der Waals surface area contributed by atoms with Crippen molar-refractivity contribution in [3.8, 4) is 0 Å². The molecule has 2 amide bonds. The Morgan fingerprint density at radius 3 is 2.19 bits per heavy atom. The van der Waals surface area contributed by atoms with Gasteiger partial charge < -0.3 is 16.4 Å². The molecule has 0 aliphatic carbocycles. The average Bonchev–Trinajstić information content (AvgIpc) is 2.42. The molecule has 0 unspecified atom stereocenters. The van der Waals surface area contributed by atoms with Crippen LogP contribution in [-0.4, -0.2) is 30.9 Å².